The van der Waals surface area contributed by atoms with Gasteiger partial charge in [-0.05, 0) is 143 Å². The molecule has 10 heteroatoms. The van der Waals surface area contributed by atoms with Crippen LogP contribution in [-0.4, -0.2) is 52.1 Å². The van der Waals surface area contributed by atoms with Crippen LogP contribution in [0.15, 0.2) is 39.7 Å². The first-order chi connectivity index (χ1) is 21.7. The fraction of sp³-hybridized carbons (Fsp3) is 0.600. The van der Waals surface area contributed by atoms with Crippen LogP contribution in [0.1, 0.15) is 82.0 Å². The van der Waals surface area contributed by atoms with E-state index in [9.17, 15) is 18.0 Å². The van der Waals surface area contributed by atoms with E-state index in [-0.39, 0.29) is 17.7 Å². The lowest BCUT2D eigenvalue weighted by Gasteiger charge is -2.56. The molecule has 0 spiro atoms. The SMILES string of the molecule is O=C1/C(=C/c2oc(-c3ccc(OC(F)(F)F)cc3)cc2CCCCCN2CCCCC2)SC(=S)N1C1C2CC3CC(C2)CC1C3. The second-order valence-electron chi connectivity index (χ2n) is 13.8. The Labute approximate surface area is 272 Å². The standard InChI is InChI=1S/C35H41F3N2O3S2/c36-35(37,38)43-28-10-8-24(9-11-28)29-20-25(7-3-1-4-12-39-13-5-2-6-14-39)30(42-29)21-31-33(41)40(34(44)45-31)32-26-16-22-15-23(18-26)19-27(32)17-22/h8-11,20-23,26-27,32H,1-7,12-19H2/b31-21-. The van der Waals surface area contributed by atoms with E-state index in [4.69, 9.17) is 16.6 Å². The highest BCUT2D eigenvalue weighted by Crippen LogP contribution is 2.56. The lowest BCUT2D eigenvalue weighted by Crippen LogP contribution is -2.57. The molecule has 2 aromatic rings. The number of piperidine rings is 1. The van der Waals surface area contributed by atoms with Gasteiger partial charge in [-0.15, -0.1) is 13.2 Å². The first kappa shape index (κ1) is 31.3. The first-order valence-electron chi connectivity index (χ1n) is 16.7. The van der Waals surface area contributed by atoms with E-state index in [0.29, 0.717) is 38.1 Å². The molecule has 1 amide bonds. The number of nitrogens with zero attached hydrogens (tertiary/aromatic N) is 2. The molecule has 0 unspecified atom stereocenters. The summed E-state index contributed by atoms with van der Waals surface area (Å²) in [5, 5.41) is 0. The minimum Gasteiger partial charge on any atom is -0.456 e. The van der Waals surface area contributed by atoms with Crippen LogP contribution in [0.4, 0.5) is 13.2 Å². The zero-order valence-electron chi connectivity index (χ0n) is 25.5. The number of likely N-dealkylation sites (tertiary alicyclic amines) is 1. The number of furan rings is 1. The molecule has 2 saturated heterocycles. The van der Waals surface area contributed by atoms with Crippen LogP contribution < -0.4 is 4.74 Å². The average molecular weight is 659 g/mol. The van der Waals surface area contributed by atoms with Gasteiger partial charge in [0.15, 0.2) is 0 Å². The monoisotopic (exact) mass is 658 g/mol. The van der Waals surface area contributed by atoms with E-state index < -0.39 is 6.36 Å². The van der Waals surface area contributed by atoms with Crippen LogP contribution >= 0.6 is 24.0 Å². The van der Waals surface area contributed by atoms with Gasteiger partial charge in [0.25, 0.3) is 5.91 Å². The fourth-order valence-electron chi connectivity index (χ4n) is 8.91. The molecular formula is C35H41F3N2O3S2. The van der Waals surface area contributed by atoms with Crippen LogP contribution in [0.5, 0.6) is 5.75 Å². The summed E-state index contributed by atoms with van der Waals surface area (Å²) >= 11 is 7.20. The Bertz CT molecular complexity index is 1400. The number of aryl methyl sites for hydroxylation is 1. The van der Waals surface area contributed by atoms with Crippen LogP contribution in [0.25, 0.3) is 17.4 Å². The van der Waals surface area contributed by atoms with Crippen molar-refractivity contribution in [3.63, 3.8) is 0 Å². The van der Waals surface area contributed by atoms with Gasteiger partial charge in [-0.25, -0.2) is 0 Å². The van der Waals surface area contributed by atoms with Crippen molar-refractivity contribution in [2.75, 3.05) is 19.6 Å². The van der Waals surface area contributed by atoms with Crippen LogP contribution in [0.3, 0.4) is 0 Å². The number of carbonyl (C=O) groups is 1. The Kier molecular flexibility index (Phi) is 9.09. The van der Waals surface area contributed by atoms with Gasteiger partial charge in [0, 0.05) is 17.7 Å². The van der Waals surface area contributed by atoms with Crippen molar-refractivity contribution in [3.8, 4) is 17.1 Å². The molecule has 5 nitrogen and oxygen atoms in total. The molecule has 242 valence electrons. The number of carbonyl (C=O) groups excluding carboxylic acids is 1. The molecule has 4 bridgehead atoms. The Morgan fingerprint density at radius 1 is 0.956 bits per heavy atom. The number of unbranched alkanes of at least 4 members (excludes halogenated alkanes) is 2. The number of amides is 1. The number of alkyl halides is 3. The second-order valence-corrected chi connectivity index (χ2v) is 15.4. The number of benzene rings is 1. The van der Waals surface area contributed by atoms with Crippen molar-refractivity contribution in [2.24, 2.45) is 23.7 Å². The number of thioether (sulfide) groups is 1. The lowest BCUT2D eigenvalue weighted by molar-refractivity contribution is -0.274. The first-order valence-corrected chi connectivity index (χ1v) is 17.9. The largest absolute Gasteiger partial charge is 0.573 e. The van der Waals surface area contributed by atoms with Crippen molar-refractivity contribution in [2.45, 2.75) is 89.5 Å². The normalized spacial score (nSPS) is 29.4. The lowest BCUT2D eigenvalue weighted by atomic mass is 9.54. The van der Waals surface area contributed by atoms with Gasteiger partial charge < -0.3 is 14.1 Å². The molecule has 6 fully saturated rings. The Morgan fingerprint density at radius 3 is 2.31 bits per heavy atom. The third-order valence-corrected chi connectivity index (χ3v) is 12.0. The summed E-state index contributed by atoms with van der Waals surface area (Å²) in [6.45, 7) is 3.52. The molecule has 1 aromatic carbocycles. The van der Waals surface area contributed by atoms with Crippen molar-refractivity contribution in [1.29, 1.82) is 0 Å². The molecule has 1 aromatic heterocycles. The maximum Gasteiger partial charge on any atom is 0.573 e. The average Bonchev–Trinajstić information content (AvgIpc) is 3.52. The fourth-order valence-corrected chi connectivity index (χ4v) is 10.2. The van der Waals surface area contributed by atoms with Crippen molar-refractivity contribution >= 4 is 40.3 Å². The summed E-state index contributed by atoms with van der Waals surface area (Å²) in [5.74, 6) is 3.61. The number of thiocarbonyl (C=S) groups is 1. The molecular weight excluding hydrogens is 618 g/mol. The topological polar surface area (TPSA) is 45.9 Å². The van der Waals surface area contributed by atoms with Crippen molar-refractivity contribution < 1.29 is 27.1 Å². The molecule has 0 N–H and O–H groups in total. The maximum atomic E-state index is 13.9. The minimum absolute atomic E-state index is 0.0124. The Morgan fingerprint density at radius 2 is 1.64 bits per heavy atom. The zero-order valence-corrected chi connectivity index (χ0v) is 27.2. The quantitative estimate of drug-likeness (QED) is 0.144. The van der Waals surface area contributed by atoms with Crippen LogP contribution in [0.2, 0.25) is 0 Å². The molecule has 2 aliphatic heterocycles. The smallest absolute Gasteiger partial charge is 0.456 e. The Hall–Kier alpha value is -2.30. The van der Waals surface area contributed by atoms with E-state index in [1.54, 1.807) is 12.1 Å². The van der Waals surface area contributed by atoms with Gasteiger partial charge in [-0.2, -0.15) is 0 Å². The molecule has 0 radical (unpaired) electrons. The summed E-state index contributed by atoms with van der Waals surface area (Å²) in [5.41, 5.74) is 1.65. The van der Waals surface area contributed by atoms with Gasteiger partial charge in [-0.1, -0.05) is 36.8 Å². The van der Waals surface area contributed by atoms with Crippen LogP contribution in [0, 0.1) is 23.7 Å². The third-order valence-electron chi connectivity index (χ3n) is 10.6. The Balaban J connectivity index is 1.09. The molecule has 6 aliphatic rings. The minimum atomic E-state index is -4.75. The van der Waals surface area contributed by atoms with E-state index in [2.05, 4.69) is 9.64 Å². The van der Waals surface area contributed by atoms with E-state index >= 15 is 0 Å². The highest BCUT2D eigenvalue weighted by molar-refractivity contribution is 8.26. The molecule has 45 heavy (non-hydrogen) atoms. The number of hydrogen-bond donors (Lipinski definition) is 0. The molecule has 0 atom stereocenters. The predicted octanol–water partition coefficient (Wildman–Crippen LogP) is 9.07. The molecule has 4 saturated carbocycles. The summed E-state index contributed by atoms with van der Waals surface area (Å²) in [6, 6.07) is 7.90. The molecule has 3 heterocycles. The third kappa shape index (κ3) is 7.03. The molecule has 4 aliphatic carbocycles. The van der Waals surface area contributed by atoms with E-state index in [1.807, 2.05) is 17.0 Å². The van der Waals surface area contributed by atoms with Gasteiger partial charge in [0.05, 0.1) is 4.91 Å². The summed E-state index contributed by atoms with van der Waals surface area (Å²) in [6.07, 6.45) is 11.2. The number of halogens is 3. The van der Waals surface area contributed by atoms with Crippen molar-refractivity contribution in [1.82, 2.24) is 9.80 Å². The zero-order chi connectivity index (χ0) is 31.1. The molecule has 8 rings (SSSR count). The summed E-state index contributed by atoms with van der Waals surface area (Å²) in [7, 11) is 0. The van der Waals surface area contributed by atoms with Gasteiger partial charge >= 0.3 is 6.36 Å². The van der Waals surface area contributed by atoms with Gasteiger partial charge in [0.2, 0.25) is 0 Å². The van der Waals surface area contributed by atoms with Crippen molar-refractivity contribution in [3.05, 3.63) is 46.6 Å². The highest BCUT2D eigenvalue weighted by atomic mass is 32.2. The number of ether oxygens (including phenoxy) is 1. The second kappa shape index (κ2) is 13.1. The number of hydrogen-bond acceptors (Lipinski definition) is 6. The number of rotatable bonds is 10. The van der Waals surface area contributed by atoms with Crippen LogP contribution in [-0.2, 0) is 11.2 Å². The summed E-state index contributed by atoms with van der Waals surface area (Å²) < 4.78 is 49.1. The van der Waals surface area contributed by atoms with E-state index in [0.717, 1.165) is 49.6 Å². The van der Waals surface area contributed by atoms with E-state index in [1.165, 1.54) is 88.4 Å². The van der Waals surface area contributed by atoms with Gasteiger partial charge in [0.1, 0.15) is 21.6 Å². The van der Waals surface area contributed by atoms with Gasteiger partial charge in [-0.3, -0.25) is 9.69 Å². The maximum absolute atomic E-state index is 13.9. The predicted molar refractivity (Wildman–Crippen MR) is 175 cm³/mol. The highest BCUT2D eigenvalue weighted by Gasteiger charge is 2.53. The summed E-state index contributed by atoms with van der Waals surface area (Å²) in [4.78, 5) is 19.0.